The summed E-state index contributed by atoms with van der Waals surface area (Å²) in [5.41, 5.74) is 4.76. The smallest absolute Gasteiger partial charge is 0.351 e. The molecule has 1 saturated heterocycles. The average Bonchev–Trinajstić information content (AvgIpc) is 3.46. The predicted octanol–water partition coefficient (Wildman–Crippen LogP) is 1.88. The Morgan fingerprint density at radius 2 is 2.12 bits per heavy atom. The van der Waals surface area contributed by atoms with E-state index in [0.717, 1.165) is 68.3 Å². The molecule has 0 aromatic carbocycles. The highest BCUT2D eigenvalue weighted by atomic mass is 16.5. The first-order valence-electron chi connectivity index (χ1n) is 11.2. The number of anilines is 1. The summed E-state index contributed by atoms with van der Waals surface area (Å²) in [5.74, 6) is 1.70. The van der Waals surface area contributed by atoms with Gasteiger partial charge in [0.15, 0.2) is 0 Å². The van der Waals surface area contributed by atoms with E-state index in [-0.39, 0.29) is 5.69 Å². The fraction of sp³-hybridized carbons (Fsp3) is 0.522. The van der Waals surface area contributed by atoms with Gasteiger partial charge in [-0.3, -0.25) is 4.98 Å². The second kappa shape index (κ2) is 6.87. The fourth-order valence-corrected chi connectivity index (χ4v) is 4.70. The minimum absolute atomic E-state index is 0.221. The van der Waals surface area contributed by atoms with Crippen molar-refractivity contribution in [2.75, 3.05) is 24.7 Å². The molecule has 9 nitrogen and oxygen atoms in total. The maximum absolute atomic E-state index is 13.0. The molecule has 0 atom stereocenters. The van der Waals surface area contributed by atoms with Gasteiger partial charge in [0, 0.05) is 48.6 Å². The minimum atomic E-state index is -0.444. The van der Waals surface area contributed by atoms with E-state index >= 15 is 0 Å². The van der Waals surface area contributed by atoms with E-state index in [4.69, 9.17) is 14.7 Å². The lowest BCUT2D eigenvalue weighted by Gasteiger charge is -2.32. The van der Waals surface area contributed by atoms with Crippen molar-refractivity contribution in [3.63, 3.8) is 0 Å². The third kappa shape index (κ3) is 2.93. The van der Waals surface area contributed by atoms with Gasteiger partial charge in [-0.05, 0) is 37.8 Å². The van der Waals surface area contributed by atoms with Gasteiger partial charge in [-0.2, -0.15) is 10.2 Å². The van der Waals surface area contributed by atoms with Crippen LogP contribution in [0.15, 0.2) is 17.1 Å². The van der Waals surface area contributed by atoms with Crippen LogP contribution >= 0.6 is 0 Å². The Bertz CT molecular complexity index is 1340. The lowest BCUT2D eigenvalue weighted by molar-refractivity contribution is 0.00824. The van der Waals surface area contributed by atoms with Crippen molar-refractivity contribution in [3.8, 4) is 6.07 Å². The molecule has 32 heavy (non-hydrogen) atoms. The number of hydrogen-bond acceptors (Lipinski definition) is 7. The van der Waals surface area contributed by atoms with Crippen LogP contribution in [-0.2, 0) is 24.2 Å². The van der Waals surface area contributed by atoms with E-state index < -0.39 is 5.41 Å². The predicted molar refractivity (Wildman–Crippen MR) is 117 cm³/mol. The SMILES string of the molecule is Cc1c(N2CCc3ncc(C4COC4)cc3C2)nc2nn(CC3(C#N)CC3)c(=O)n2c1C. The number of aryl methyl sites for hydroxylation is 1. The van der Waals surface area contributed by atoms with Crippen molar-refractivity contribution >= 4 is 11.6 Å². The summed E-state index contributed by atoms with van der Waals surface area (Å²) in [4.78, 5) is 24.8. The van der Waals surface area contributed by atoms with E-state index in [1.54, 1.807) is 4.40 Å². The number of nitrogens with zero attached hydrogens (tertiary/aromatic N) is 7. The highest BCUT2D eigenvalue weighted by Gasteiger charge is 2.44. The lowest BCUT2D eigenvalue weighted by Crippen LogP contribution is -2.33. The molecule has 3 aromatic heterocycles. The van der Waals surface area contributed by atoms with E-state index in [9.17, 15) is 10.1 Å². The standard InChI is InChI=1S/C23H25N7O2/c1-14-15(2)30-21(27-29(22(30)31)13-23(12-24)4-5-23)26-20(14)28-6-3-19-17(9-28)7-16(8-25-19)18-10-32-11-18/h7-8,18H,3-6,9-11,13H2,1-2H3. The fourth-order valence-electron chi connectivity index (χ4n) is 4.70. The van der Waals surface area contributed by atoms with Crippen LogP contribution < -0.4 is 10.6 Å². The molecule has 0 N–H and O–H groups in total. The van der Waals surface area contributed by atoms with Crippen molar-refractivity contribution < 1.29 is 4.74 Å². The Labute approximate surface area is 185 Å². The van der Waals surface area contributed by atoms with Gasteiger partial charge >= 0.3 is 5.69 Å². The molecule has 2 fully saturated rings. The number of aromatic nitrogens is 5. The summed E-state index contributed by atoms with van der Waals surface area (Å²) >= 11 is 0. The van der Waals surface area contributed by atoms with Gasteiger partial charge in [0.05, 0.1) is 31.2 Å². The van der Waals surface area contributed by atoms with Crippen LogP contribution in [0.25, 0.3) is 5.78 Å². The number of rotatable bonds is 4. The van der Waals surface area contributed by atoms with E-state index in [0.29, 0.717) is 18.2 Å². The van der Waals surface area contributed by atoms with Crippen LogP contribution in [0.1, 0.15) is 46.8 Å². The summed E-state index contributed by atoms with van der Waals surface area (Å²) in [6, 6.07) is 4.60. The average molecular weight is 432 g/mol. The summed E-state index contributed by atoms with van der Waals surface area (Å²) in [6.07, 6.45) is 4.48. The second-order valence-electron chi connectivity index (χ2n) is 9.39. The van der Waals surface area contributed by atoms with Crippen LogP contribution in [0.3, 0.4) is 0 Å². The Morgan fingerprint density at radius 1 is 1.31 bits per heavy atom. The first-order chi connectivity index (χ1) is 15.5. The number of ether oxygens (including phenoxy) is 1. The van der Waals surface area contributed by atoms with Crippen LogP contribution in [0.4, 0.5) is 5.82 Å². The van der Waals surface area contributed by atoms with Gasteiger partial charge in [-0.15, -0.1) is 5.10 Å². The van der Waals surface area contributed by atoms with Crippen molar-refractivity contribution in [1.29, 1.82) is 5.26 Å². The van der Waals surface area contributed by atoms with Crippen molar-refractivity contribution in [3.05, 3.63) is 50.8 Å². The molecule has 1 aliphatic carbocycles. The van der Waals surface area contributed by atoms with E-state index in [1.165, 1.54) is 15.8 Å². The second-order valence-corrected chi connectivity index (χ2v) is 9.39. The molecule has 0 unspecified atom stereocenters. The first-order valence-corrected chi connectivity index (χ1v) is 11.2. The first kappa shape index (κ1) is 19.4. The van der Waals surface area contributed by atoms with Gasteiger partial charge in [0.1, 0.15) is 5.82 Å². The molecule has 9 heteroatoms. The molecular weight excluding hydrogens is 406 g/mol. The van der Waals surface area contributed by atoms with Gasteiger partial charge in [-0.1, -0.05) is 6.07 Å². The molecule has 3 aromatic rings. The molecule has 0 amide bonds. The summed E-state index contributed by atoms with van der Waals surface area (Å²) in [6.45, 7) is 7.36. The van der Waals surface area contributed by atoms with Crippen molar-refractivity contribution in [2.24, 2.45) is 5.41 Å². The number of hydrogen-bond donors (Lipinski definition) is 0. The summed E-state index contributed by atoms with van der Waals surface area (Å²) in [5, 5.41) is 13.9. The van der Waals surface area contributed by atoms with Crippen LogP contribution in [0.2, 0.25) is 0 Å². The minimum Gasteiger partial charge on any atom is -0.380 e. The third-order valence-electron chi connectivity index (χ3n) is 7.25. The normalized spacial score (nSPS) is 19.5. The molecule has 164 valence electrons. The van der Waals surface area contributed by atoms with Gasteiger partial charge in [-0.25, -0.2) is 13.9 Å². The molecule has 2 aliphatic heterocycles. The van der Waals surface area contributed by atoms with Gasteiger partial charge < -0.3 is 9.64 Å². The molecule has 0 bridgehead atoms. The molecule has 3 aliphatic rings. The van der Waals surface area contributed by atoms with Crippen LogP contribution in [0, 0.1) is 30.6 Å². The highest BCUT2D eigenvalue weighted by molar-refractivity contribution is 5.55. The molecular formula is C23H25N7O2. The Balaban J connectivity index is 1.36. The van der Waals surface area contributed by atoms with E-state index in [1.807, 2.05) is 20.0 Å². The number of fused-ring (bicyclic) bond motifs is 2. The largest absolute Gasteiger partial charge is 0.380 e. The third-order valence-corrected chi connectivity index (χ3v) is 7.25. The zero-order chi connectivity index (χ0) is 22.0. The summed E-state index contributed by atoms with van der Waals surface area (Å²) < 4.78 is 8.33. The molecule has 6 rings (SSSR count). The van der Waals surface area contributed by atoms with Crippen LogP contribution in [-0.4, -0.2) is 43.9 Å². The lowest BCUT2D eigenvalue weighted by atomic mass is 9.95. The number of pyridine rings is 1. The van der Waals surface area contributed by atoms with E-state index in [2.05, 4.69) is 22.1 Å². The maximum atomic E-state index is 13.0. The zero-order valence-corrected chi connectivity index (χ0v) is 18.3. The Morgan fingerprint density at radius 3 is 2.81 bits per heavy atom. The Hall–Kier alpha value is -3.25. The van der Waals surface area contributed by atoms with Gasteiger partial charge in [0.2, 0.25) is 0 Å². The quantitative estimate of drug-likeness (QED) is 0.622. The topological polar surface area (TPSA) is 101 Å². The highest BCUT2D eigenvalue weighted by Crippen LogP contribution is 2.46. The van der Waals surface area contributed by atoms with Crippen molar-refractivity contribution in [2.45, 2.75) is 52.1 Å². The number of nitriles is 1. The molecule has 0 spiro atoms. The van der Waals surface area contributed by atoms with Crippen LogP contribution in [0.5, 0.6) is 0 Å². The van der Waals surface area contributed by atoms with Gasteiger partial charge in [0.25, 0.3) is 5.78 Å². The monoisotopic (exact) mass is 431 g/mol. The summed E-state index contributed by atoms with van der Waals surface area (Å²) in [7, 11) is 0. The Kier molecular flexibility index (Phi) is 4.17. The molecule has 5 heterocycles. The van der Waals surface area contributed by atoms with Crippen molar-refractivity contribution in [1.82, 2.24) is 24.1 Å². The molecule has 1 saturated carbocycles. The zero-order valence-electron chi connectivity index (χ0n) is 18.3. The molecule has 0 radical (unpaired) electrons. The maximum Gasteiger partial charge on any atom is 0.351 e.